The lowest BCUT2D eigenvalue weighted by Crippen LogP contribution is -2.38. The highest BCUT2D eigenvalue weighted by atomic mass is 16.5. The summed E-state index contributed by atoms with van der Waals surface area (Å²) in [4.78, 5) is 0. The van der Waals surface area contributed by atoms with Crippen molar-refractivity contribution >= 4 is 5.69 Å². The summed E-state index contributed by atoms with van der Waals surface area (Å²) in [6.45, 7) is 9.11. The molecule has 2 unspecified atom stereocenters. The molecule has 0 aromatic heterocycles. The van der Waals surface area contributed by atoms with E-state index in [1.54, 1.807) is 7.11 Å². The highest BCUT2D eigenvalue weighted by molar-refractivity contribution is 5.64. The van der Waals surface area contributed by atoms with E-state index in [2.05, 4.69) is 69.4 Å². The van der Waals surface area contributed by atoms with Gasteiger partial charge in [-0.1, -0.05) is 50.6 Å². The van der Waals surface area contributed by atoms with Gasteiger partial charge in [0, 0.05) is 23.1 Å². The fraction of sp³-hybridized carbons (Fsp3) is 0.429. The summed E-state index contributed by atoms with van der Waals surface area (Å²) in [6, 6.07) is 15.8. The van der Waals surface area contributed by atoms with Crippen molar-refractivity contribution in [1.29, 1.82) is 0 Å². The standard InChI is InChI=1S/C21H27NO/c1-6-17(15-9-7-14(2)8-10-15)20-21(3,4)18-13-16(23-5)11-12-19(18)22-20/h7-13,17,20,22H,6H2,1-5H3. The van der Waals surface area contributed by atoms with E-state index in [0.717, 1.165) is 12.2 Å². The predicted octanol–water partition coefficient (Wildman–Crippen LogP) is 5.27. The van der Waals surface area contributed by atoms with Crippen LogP contribution in [0.3, 0.4) is 0 Å². The van der Waals surface area contributed by atoms with Gasteiger partial charge in [0.05, 0.1) is 7.11 Å². The highest BCUT2D eigenvalue weighted by Gasteiger charge is 2.43. The predicted molar refractivity (Wildman–Crippen MR) is 97.6 cm³/mol. The summed E-state index contributed by atoms with van der Waals surface area (Å²) < 4.78 is 5.42. The van der Waals surface area contributed by atoms with Crippen LogP contribution in [-0.2, 0) is 5.41 Å². The summed E-state index contributed by atoms with van der Waals surface area (Å²) >= 11 is 0. The van der Waals surface area contributed by atoms with E-state index in [-0.39, 0.29) is 5.41 Å². The Hall–Kier alpha value is -1.96. The van der Waals surface area contributed by atoms with Crippen molar-refractivity contribution in [2.75, 3.05) is 12.4 Å². The number of benzene rings is 2. The van der Waals surface area contributed by atoms with Crippen LogP contribution < -0.4 is 10.1 Å². The molecule has 1 heterocycles. The van der Waals surface area contributed by atoms with Crippen LogP contribution in [0.2, 0.25) is 0 Å². The van der Waals surface area contributed by atoms with Gasteiger partial charge >= 0.3 is 0 Å². The minimum absolute atomic E-state index is 0.0649. The largest absolute Gasteiger partial charge is 0.497 e. The Balaban J connectivity index is 1.98. The average Bonchev–Trinajstić information content (AvgIpc) is 2.81. The molecular weight excluding hydrogens is 282 g/mol. The summed E-state index contributed by atoms with van der Waals surface area (Å²) in [5, 5.41) is 3.78. The van der Waals surface area contributed by atoms with E-state index < -0.39 is 0 Å². The first kappa shape index (κ1) is 15.9. The Kier molecular flexibility index (Phi) is 4.09. The molecule has 2 aromatic carbocycles. The number of fused-ring (bicyclic) bond motifs is 1. The Morgan fingerprint density at radius 3 is 2.43 bits per heavy atom. The van der Waals surface area contributed by atoms with Crippen molar-refractivity contribution in [2.45, 2.75) is 51.5 Å². The molecule has 0 saturated heterocycles. The van der Waals surface area contributed by atoms with Gasteiger partial charge in [-0.15, -0.1) is 0 Å². The molecule has 0 amide bonds. The summed E-state index contributed by atoms with van der Waals surface area (Å²) in [7, 11) is 1.73. The normalized spacial score (nSPS) is 19.8. The number of ether oxygens (including phenoxy) is 1. The Morgan fingerprint density at radius 1 is 1.13 bits per heavy atom. The fourth-order valence-electron chi connectivity index (χ4n) is 3.91. The molecule has 2 heteroatoms. The van der Waals surface area contributed by atoms with Crippen LogP contribution >= 0.6 is 0 Å². The zero-order valence-electron chi connectivity index (χ0n) is 14.8. The maximum Gasteiger partial charge on any atom is 0.119 e. The maximum atomic E-state index is 5.42. The zero-order chi connectivity index (χ0) is 16.6. The average molecular weight is 309 g/mol. The number of methoxy groups -OCH3 is 1. The molecule has 2 atom stereocenters. The molecule has 0 radical (unpaired) electrons. The molecule has 0 bridgehead atoms. The second kappa shape index (κ2) is 5.92. The van der Waals surface area contributed by atoms with Gasteiger partial charge in [0.25, 0.3) is 0 Å². The molecule has 1 aliphatic heterocycles. The number of aryl methyl sites for hydroxylation is 1. The molecule has 1 N–H and O–H groups in total. The molecule has 2 aromatic rings. The number of hydrogen-bond acceptors (Lipinski definition) is 2. The van der Waals surface area contributed by atoms with Crippen molar-refractivity contribution in [1.82, 2.24) is 0 Å². The Morgan fingerprint density at radius 2 is 1.83 bits per heavy atom. The minimum atomic E-state index is 0.0649. The molecule has 0 fully saturated rings. The number of rotatable bonds is 4. The highest BCUT2D eigenvalue weighted by Crippen LogP contribution is 2.47. The molecule has 0 aliphatic carbocycles. The summed E-state index contributed by atoms with van der Waals surface area (Å²) in [5.41, 5.74) is 5.40. The van der Waals surface area contributed by atoms with Crippen LogP contribution in [0.25, 0.3) is 0 Å². The van der Waals surface area contributed by atoms with E-state index in [1.807, 2.05) is 6.07 Å². The first-order valence-electron chi connectivity index (χ1n) is 8.49. The van der Waals surface area contributed by atoms with Crippen molar-refractivity contribution in [3.05, 3.63) is 59.2 Å². The Labute approximate surface area is 139 Å². The van der Waals surface area contributed by atoms with Gasteiger partial charge in [-0.2, -0.15) is 0 Å². The van der Waals surface area contributed by atoms with Gasteiger partial charge < -0.3 is 10.1 Å². The lowest BCUT2D eigenvalue weighted by atomic mass is 9.72. The van der Waals surface area contributed by atoms with Crippen LogP contribution in [0, 0.1) is 6.92 Å². The van der Waals surface area contributed by atoms with Crippen LogP contribution in [0.1, 0.15) is 49.8 Å². The smallest absolute Gasteiger partial charge is 0.119 e. The van der Waals surface area contributed by atoms with Gasteiger partial charge in [-0.25, -0.2) is 0 Å². The summed E-state index contributed by atoms with van der Waals surface area (Å²) in [5.74, 6) is 1.42. The molecule has 0 saturated carbocycles. The van der Waals surface area contributed by atoms with E-state index in [9.17, 15) is 0 Å². The molecule has 2 nitrogen and oxygen atoms in total. The zero-order valence-corrected chi connectivity index (χ0v) is 14.8. The quantitative estimate of drug-likeness (QED) is 0.830. The van der Waals surface area contributed by atoms with Crippen molar-refractivity contribution in [2.24, 2.45) is 0 Å². The molecule has 122 valence electrons. The van der Waals surface area contributed by atoms with Crippen molar-refractivity contribution < 1.29 is 4.74 Å². The lowest BCUT2D eigenvalue weighted by molar-refractivity contribution is 0.387. The van der Waals surface area contributed by atoms with Crippen LogP contribution in [-0.4, -0.2) is 13.2 Å². The topological polar surface area (TPSA) is 21.3 Å². The third-order valence-corrected chi connectivity index (χ3v) is 5.36. The number of nitrogens with one attached hydrogen (secondary N) is 1. The minimum Gasteiger partial charge on any atom is -0.497 e. The van der Waals surface area contributed by atoms with E-state index >= 15 is 0 Å². The van der Waals surface area contributed by atoms with Gasteiger partial charge in [-0.3, -0.25) is 0 Å². The SMILES string of the molecule is CCC(c1ccc(C)cc1)C1Nc2ccc(OC)cc2C1(C)C. The van der Waals surface area contributed by atoms with E-state index in [0.29, 0.717) is 12.0 Å². The van der Waals surface area contributed by atoms with Gasteiger partial charge in [0.1, 0.15) is 5.75 Å². The third kappa shape index (κ3) is 2.71. The lowest BCUT2D eigenvalue weighted by Gasteiger charge is -2.34. The van der Waals surface area contributed by atoms with Crippen molar-refractivity contribution in [3.63, 3.8) is 0 Å². The van der Waals surface area contributed by atoms with Crippen LogP contribution in [0.15, 0.2) is 42.5 Å². The van der Waals surface area contributed by atoms with Gasteiger partial charge in [0.2, 0.25) is 0 Å². The second-order valence-corrected chi connectivity index (χ2v) is 7.18. The molecule has 0 spiro atoms. The molecular formula is C21H27NO. The van der Waals surface area contributed by atoms with Crippen molar-refractivity contribution in [3.8, 4) is 5.75 Å². The van der Waals surface area contributed by atoms with Crippen LogP contribution in [0.4, 0.5) is 5.69 Å². The Bertz CT molecular complexity index is 687. The van der Waals surface area contributed by atoms with Crippen LogP contribution in [0.5, 0.6) is 5.75 Å². The second-order valence-electron chi connectivity index (χ2n) is 7.18. The maximum absolute atomic E-state index is 5.42. The number of anilines is 1. The molecule has 23 heavy (non-hydrogen) atoms. The van der Waals surface area contributed by atoms with Gasteiger partial charge in [-0.05, 0) is 42.7 Å². The number of hydrogen-bond donors (Lipinski definition) is 1. The monoisotopic (exact) mass is 309 g/mol. The molecule has 3 rings (SSSR count). The fourth-order valence-corrected chi connectivity index (χ4v) is 3.91. The third-order valence-electron chi connectivity index (χ3n) is 5.36. The van der Waals surface area contributed by atoms with Gasteiger partial charge in [0.15, 0.2) is 0 Å². The van der Waals surface area contributed by atoms with E-state index in [4.69, 9.17) is 4.74 Å². The first-order chi connectivity index (χ1) is 11.0. The van der Waals surface area contributed by atoms with E-state index in [1.165, 1.54) is 22.4 Å². The first-order valence-corrected chi connectivity index (χ1v) is 8.49. The molecule has 1 aliphatic rings. The summed E-state index contributed by atoms with van der Waals surface area (Å²) in [6.07, 6.45) is 1.12.